The standard InChI is InChI=1S/C15H19N3S/c1-19-15(8-4-5-9-15)11-17-14-10-16-12-6-2-3-7-13(12)18-14/h2-3,6-7,10H,4-5,8-9,11H2,1H3,(H,17,18). The van der Waals surface area contributed by atoms with Crippen LogP contribution in [-0.2, 0) is 0 Å². The maximum Gasteiger partial charge on any atom is 0.145 e. The second-order valence-electron chi connectivity index (χ2n) is 5.19. The molecule has 0 radical (unpaired) electrons. The lowest BCUT2D eigenvalue weighted by Crippen LogP contribution is -2.30. The van der Waals surface area contributed by atoms with Crippen LogP contribution in [0.15, 0.2) is 30.5 Å². The van der Waals surface area contributed by atoms with Crippen molar-refractivity contribution >= 4 is 28.6 Å². The average Bonchev–Trinajstić information content (AvgIpc) is 2.94. The highest BCUT2D eigenvalue weighted by molar-refractivity contribution is 8.00. The van der Waals surface area contributed by atoms with Gasteiger partial charge in [0.05, 0.1) is 17.2 Å². The molecule has 0 saturated heterocycles. The SMILES string of the molecule is CSC1(CNc2cnc3ccccc3n2)CCCC1. The van der Waals surface area contributed by atoms with Gasteiger partial charge in [0, 0.05) is 11.3 Å². The van der Waals surface area contributed by atoms with E-state index in [9.17, 15) is 0 Å². The normalized spacial score (nSPS) is 17.7. The van der Waals surface area contributed by atoms with Crippen LogP contribution in [0.25, 0.3) is 11.0 Å². The van der Waals surface area contributed by atoms with E-state index in [1.165, 1.54) is 25.7 Å². The summed E-state index contributed by atoms with van der Waals surface area (Å²) in [6, 6.07) is 7.99. The summed E-state index contributed by atoms with van der Waals surface area (Å²) >= 11 is 1.99. The first-order valence-electron chi connectivity index (χ1n) is 6.82. The molecule has 3 rings (SSSR count). The number of benzene rings is 1. The number of fused-ring (bicyclic) bond motifs is 1. The molecule has 0 atom stereocenters. The molecule has 4 heteroatoms. The summed E-state index contributed by atoms with van der Waals surface area (Å²) in [6.07, 6.45) is 9.38. The number of thioether (sulfide) groups is 1. The Morgan fingerprint density at radius 3 is 2.68 bits per heavy atom. The Kier molecular flexibility index (Phi) is 3.60. The van der Waals surface area contributed by atoms with E-state index >= 15 is 0 Å². The summed E-state index contributed by atoms with van der Waals surface area (Å²) < 4.78 is 0.396. The second-order valence-corrected chi connectivity index (χ2v) is 6.47. The topological polar surface area (TPSA) is 37.8 Å². The molecule has 19 heavy (non-hydrogen) atoms. The van der Waals surface area contributed by atoms with Gasteiger partial charge in [-0.3, -0.25) is 4.98 Å². The summed E-state index contributed by atoms with van der Waals surface area (Å²) in [6.45, 7) is 0.987. The van der Waals surface area contributed by atoms with E-state index in [0.29, 0.717) is 4.75 Å². The Hall–Kier alpha value is -1.29. The molecule has 0 bridgehead atoms. The fourth-order valence-corrected chi connectivity index (χ4v) is 3.68. The van der Waals surface area contributed by atoms with Crippen LogP contribution in [0.2, 0.25) is 0 Å². The van der Waals surface area contributed by atoms with Gasteiger partial charge in [-0.25, -0.2) is 4.98 Å². The molecule has 1 aliphatic carbocycles. The Bertz CT molecular complexity index is 564. The van der Waals surface area contributed by atoms with Gasteiger partial charge in [-0.05, 0) is 31.2 Å². The van der Waals surface area contributed by atoms with Crippen molar-refractivity contribution in [2.75, 3.05) is 18.1 Å². The minimum atomic E-state index is 0.396. The van der Waals surface area contributed by atoms with Gasteiger partial charge in [0.1, 0.15) is 5.82 Å². The zero-order valence-corrected chi connectivity index (χ0v) is 12.0. The molecule has 0 unspecified atom stereocenters. The van der Waals surface area contributed by atoms with Crippen LogP contribution in [0.1, 0.15) is 25.7 Å². The predicted molar refractivity (Wildman–Crippen MR) is 82.7 cm³/mol. The predicted octanol–water partition coefficient (Wildman–Crippen LogP) is 3.72. The number of aromatic nitrogens is 2. The minimum Gasteiger partial charge on any atom is -0.367 e. The molecule has 1 aliphatic rings. The van der Waals surface area contributed by atoms with E-state index in [4.69, 9.17) is 0 Å². The van der Waals surface area contributed by atoms with Crippen LogP contribution in [0.3, 0.4) is 0 Å². The number of anilines is 1. The Balaban J connectivity index is 1.74. The largest absolute Gasteiger partial charge is 0.367 e. The number of nitrogens with one attached hydrogen (secondary N) is 1. The van der Waals surface area contributed by atoms with E-state index in [0.717, 1.165) is 23.4 Å². The van der Waals surface area contributed by atoms with Crippen LogP contribution in [0.4, 0.5) is 5.82 Å². The van der Waals surface area contributed by atoms with Gasteiger partial charge in [-0.2, -0.15) is 11.8 Å². The molecular formula is C15H19N3S. The zero-order chi connectivity index (χ0) is 13.1. The highest BCUT2D eigenvalue weighted by Crippen LogP contribution is 2.40. The smallest absolute Gasteiger partial charge is 0.145 e. The van der Waals surface area contributed by atoms with Gasteiger partial charge in [0.2, 0.25) is 0 Å². The molecule has 0 spiro atoms. The first-order chi connectivity index (χ1) is 9.31. The van der Waals surface area contributed by atoms with E-state index < -0.39 is 0 Å². The molecule has 1 N–H and O–H groups in total. The van der Waals surface area contributed by atoms with Crippen LogP contribution in [0.5, 0.6) is 0 Å². The molecule has 3 nitrogen and oxygen atoms in total. The summed E-state index contributed by atoms with van der Waals surface area (Å²) in [5.41, 5.74) is 1.91. The van der Waals surface area contributed by atoms with Crippen molar-refractivity contribution < 1.29 is 0 Å². The first kappa shape index (κ1) is 12.7. The molecular weight excluding hydrogens is 254 g/mol. The van der Waals surface area contributed by atoms with Crippen molar-refractivity contribution in [3.05, 3.63) is 30.5 Å². The van der Waals surface area contributed by atoms with E-state index in [1.807, 2.05) is 42.2 Å². The number of hydrogen-bond donors (Lipinski definition) is 1. The maximum atomic E-state index is 4.62. The molecule has 1 aromatic heterocycles. The lowest BCUT2D eigenvalue weighted by Gasteiger charge is -2.27. The van der Waals surface area contributed by atoms with Crippen LogP contribution in [-0.4, -0.2) is 27.5 Å². The minimum absolute atomic E-state index is 0.396. The van der Waals surface area contributed by atoms with Crippen molar-refractivity contribution in [1.29, 1.82) is 0 Å². The lowest BCUT2D eigenvalue weighted by atomic mass is 10.1. The van der Waals surface area contributed by atoms with E-state index in [1.54, 1.807) is 0 Å². The zero-order valence-electron chi connectivity index (χ0n) is 11.2. The third-order valence-corrected chi connectivity index (χ3v) is 5.41. The molecule has 1 saturated carbocycles. The Labute approximate surface area is 118 Å². The maximum absolute atomic E-state index is 4.62. The van der Waals surface area contributed by atoms with Gasteiger partial charge in [-0.15, -0.1) is 0 Å². The van der Waals surface area contributed by atoms with Gasteiger partial charge in [0.15, 0.2) is 0 Å². The third kappa shape index (κ3) is 2.68. The van der Waals surface area contributed by atoms with Crippen LogP contribution in [0, 0.1) is 0 Å². The van der Waals surface area contributed by atoms with E-state index in [2.05, 4.69) is 21.5 Å². The molecule has 0 amide bonds. The number of rotatable bonds is 4. The fraction of sp³-hybridized carbons (Fsp3) is 0.467. The summed E-state index contributed by atoms with van der Waals surface area (Å²) in [4.78, 5) is 9.06. The Morgan fingerprint density at radius 2 is 1.95 bits per heavy atom. The van der Waals surface area contributed by atoms with Crippen molar-refractivity contribution in [3.8, 4) is 0 Å². The highest BCUT2D eigenvalue weighted by Gasteiger charge is 2.32. The summed E-state index contributed by atoms with van der Waals surface area (Å²) in [5, 5.41) is 3.48. The molecule has 2 aromatic rings. The summed E-state index contributed by atoms with van der Waals surface area (Å²) in [7, 11) is 0. The molecule has 0 aliphatic heterocycles. The number of hydrogen-bond acceptors (Lipinski definition) is 4. The first-order valence-corrected chi connectivity index (χ1v) is 8.05. The summed E-state index contributed by atoms with van der Waals surface area (Å²) in [5.74, 6) is 0.888. The molecule has 1 aromatic carbocycles. The van der Waals surface area contributed by atoms with Crippen molar-refractivity contribution in [3.63, 3.8) is 0 Å². The number of nitrogens with zero attached hydrogens (tertiary/aromatic N) is 2. The monoisotopic (exact) mass is 273 g/mol. The van der Waals surface area contributed by atoms with Crippen molar-refractivity contribution in [2.45, 2.75) is 30.4 Å². The highest BCUT2D eigenvalue weighted by atomic mass is 32.2. The molecule has 1 heterocycles. The van der Waals surface area contributed by atoms with Crippen LogP contribution >= 0.6 is 11.8 Å². The van der Waals surface area contributed by atoms with Gasteiger partial charge >= 0.3 is 0 Å². The molecule has 100 valence electrons. The quantitative estimate of drug-likeness (QED) is 0.921. The van der Waals surface area contributed by atoms with Gasteiger partial charge < -0.3 is 5.32 Å². The van der Waals surface area contributed by atoms with E-state index in [-0.39, 0.29) is 0 Å². The van der Waals surface area contributed by atoms with Crippen LogP contribution < -0.4 is 5.32 Å². The Morgan fingerprint density at radius 1 is 1.21 bits per heavy atom. The van der Waals surface area contributed by atoms with Gasteiger partial charge in [-0.1, -0.05) is 25.0 Å². The fourth-order valence-electron chi connectivity index (χ4n) is 2.77. The van der Waals surface area contributed by atoms with Gasteiger partial charge in [0.25, 0.3) is 0 Å². The van der Waals surface area contributed by atoms with Crippen molar-refractivity contribution in [2.24, 2.45) is 0 Å². The third-order valence-electron chi connectivity index (χ3n) is 3.99. The van der Waals surface area contributed by atoms with Crippen molar-refractivity contribution in [1.82, 2.24) is 9.97 Å². The second kappa shape index (κ2) is 5.37. The lowest BCUT2D eigenvalue weighted by molar-refractivity contribution is 0.638. The number of para-hydroxylation sites is 2. The average molecular weight is 273 g/mol. The molecule has 1 fully saturated rings.